The Labute approximate surface area is 123 Å². The van der Waals surface area contributed by atoms with Gasteiger partial charge in [-0.05, 0) is 43.7 Å². The number of carbonyl (C=O) groups is 1. The van der Waals surface area contributed by atoms with Crippen molar-refractivity contribution in [2.75, 3.05) is 7.11 Å². The molecule has 0 aromatic heterocycles. The van der Waals surface area contributed by atoms with Gasteiger partial charge in [0.2, 0.25) is 0 Å². The van der Waals surface area contributed by atoms with Crippen molar-refractivity contribution in [1.29, 1.82) is 0 Å². The summed E-state index contributed by atoms with van der Waals surface area (Å²) >= 11 is 0. The fourth-order valence-electron chi connectivity index (χ4n) is 2.01. The van der Waals surface area contributed by atoms with Crippen molar-refractivity contribution in [2.24, 2.45) is 0 Å². The predicted molar refractivity (Wildman–Crippen MR) is 78.5 cm³/mol. The zero-order valence-electron chi connectivity index (χ0n) is 12.3. The van der Waals surface area contributed by atoms with Crippen LogP contribution in [-0.2, 0) is 6.61 Å². The Morgan fingerprint density at radius 2 is 1.86 bits per heavy atom. The van der Waals surface area contributed by atoms with E-state index in [0.717, 1.165) is 5.56 Å². The summed E-state index contributed by atoms with van der Waals surface area (Å²) < 4.78 is 24.1. The van der Waals surface area contributed by atoms with Crippen LogP contribution in [0.15, 0.2) is 36.4 Å². The molecule has 4 heteroatoms. The number of benzene rings is 2. The summed E-state index contributed by atoms with van der Waals surface area (Å²) in [7, 11) is 1.42. The van der Waals surface area contributed by atoms with Gasteiger partial charge in [0, 0.05) is 0 Å². The highest BCUT2D eigenvalue weighted by Gasteiger charge is 2.10. The van der Waals surface area contributed by atoms with E-state index in [0.29, 0.717) is 16.9 Å². The van der Waals surface area contributed by atoms with Gasteiger partial charge in [0.1, 0.15) is 12.4 Å². The van der Waals surface area contributed by atoms with E-state index in [9.17, 15) is 9.18 Å². The molecule has 0 unspecified atom stereocenters. The third kappa shape index (κ3) is 3.60. The second-order valence-electron chi connectivity index (χ2n) is 4.81. The molecule has 0 amide bonds. The highest BCUT2D eigenvalue weighted by molar-refractivity contribution is 5.97. The number of halogens is 1. The fraction of sp³-hybridized carbons (Fsp3) is 0.235. The van der Waals surface area contributed by atoms with Crippen molar-refractivity contribution >= 4 is 5.78 Å². The Kier molecular flexibility index (Phi) is 4.58. The second-order valence-corrected chi connectivity index (χ2v) is 4.81. The van der Waals surface area contributed by atoms with E-state index in [1.807, 2.05) is 13.0 Å². The molecule has 2 aromatic rings. The topological polar surface area (TPSA) is 35.5 Å². The van der Waals surface area contributed by atoms with Crippen LogP contribution in [-0.4, -0.2) is 12.9 Å². The Bertz CT molecular complexity index is 665. The number of aryl methyl sites for hydroxylation is 1. The van der Waals surface area contributed by atoms with Crippen LogP contribution in [0, 0.1) is 12.7 Å². The Morgan fingerprint density at radius 3 is 2.48 bits per heavy atom. The summed E-state index contributed by atoms with van der Waals surface area (Å²) in [4.78, 5) is 11.6. The summed E-state index contributed by atoms with van der Waals surface area (Å²) in [5, 5.41) is 0. The first-order chi connectivity index (χ1) is 10.0. The van der Waals surface area contributed by atoms with Crippen LogP contribution in [0.2, 0.25) is 0 Å². The Balaban J connectivity index is 2.16. The minimum Gasteiger partial charge on any atom is -0.494 e. The van der Waals surface area contributed by atoms with Crippen LogP contribution in [0.25, 0.3) is 0 Å². The largest absolute Gasteiger partial charge is 0.494 e. The van der Waals surface area contributed by atoms with Gasteiger partial charge in [-0.1, -0.05) is 17.7 Å². The standard InChI is InChI=1S/C17H17FO3/c1-11-4-6-16(14(8-11)12(2)19)21-10-13-5-7-17(20-3)15(18)9-13/h4-9H,10H2,1-3H3. The molecule has 0 saturated carbocycles. The lowest BCUT2D eigenvalue weighted by Crippen LogP contribution is -2.02. The molecule has 0 atom stereocenters. The quantitative estimate of drug-likeness (QED) is 0.782. The number of ether oxygens (including phenoxy) is 2. The molecule has 0 saturated heterocycles. The van der Waals surface area contributed by atoms with E-state index in [2.05, 4.69) is 0 Å². The van der Waals surface area contributed by atoms with E-state index < -0.39 is 5.82 Å². The predicted octanol–water partition coefficient (Wildman–Crippen LogP) is 3.92. The maximum absolute atomic E-state index is 13.6. The molecule has 2 aromatic carbocycles. The Hall–Kier alpha value is -2.36. The molecule has 0 heterocycles. The lowest BCUT2D eigenvalue weighted by molar-refractivity contribution is 0.101. The van der Waals surface area contributed by atoms with Crippen LogP contribution in [0.5, 0.6) is 11.5 Å². The van der Waals surface area contributed by atoms with Crippen molar-refractivity contribution in [3.63, 3.8) is 0 Å². The lowest BCUT2D eigenvalue weighted by Gasteiger charge is -2.11. The van der Waals surface area contributed by atoms with Gasteiger partial charge >= 0.3 is 0 Å². The number of rotatable bonds is 5. The van der Waals surface area contributed by atoms with Crippen molar-refractivity contribution in [2.45, 2.75) is 20.5 Å². The first-order valence-corrected chi connectivity index (χ1v) is 6.58. The third-order valence-corrected chi connectivity index (χ3v) is 3.12. The molecule has 0 fully saturated rings. The number of Topliss-reactive ketones (excluding diaryl/α,β-unsaturated/α-hetero) is 1. The van der Waals surface area contributed by atoms with Crippen molar-refractivity contribution < 1.29 is 18.7 Å². The van der Waals surface area contributed by atoms with Crippen LogP contribution in [0.3, 0.4) is 0 Å². The summed E-state index contributed by atoms with van der Waals surface area (Å²) in [5.74, 6) is 0.201. The molecule has 3 nitrogen and oxygen atoms in total. The van der Waals surface area contributed by atoms with E-state index in [1.54, 1.807) is 24.3 Å². The van der Waals surface area contributed by atoms with Crippen LogP contribution in [0.4, 0.5) is 4.39 Å². The van der Waals surface area contributed by atoms with Crippen LogP contribution in [0.1, 0.15) is 28.4 Å². The zero-order valence-corrected chi connectivity index (χ0v) is 12.3. The van der Waals surface area contributed by atoms with Gasteiger partial charge in [-0.2, -0.15) is 0 Å². The second kappa shape index (κ2) is 6.39. The molecule has 0 N–H and O–H groups in total. The number of carbonyl (C=O) groups excluding carboxylic acids is 1. The van der Waals surface area contributed by atoms with Gasteiger partial charge in [0.05, 0.1) is 12.7 Å². The fourth-order valence-corrected chi connectivity index (χ4v) is 2.01. The maximum Gasteiger partial charge on any atom is 0.165 e. The van der Waals surface area contributed by atoms with E-state index in [-0.39, 0.29) is 18.1 Å². The van der Waals surface area contributed by atoms with Crippen molar-refractivity contribution in [3.8, 4) is 11.5 Å². The number of hydrogen-bond acceptors (Lipinski definition) is 3. The molecular weight excluding hydrogens is 271 g/mol. The van der Waals surface area contributed by atoms with E-state index in [4.69, 9.17) is 9.47 Å². The molecule has 0 aliphatic rings. The average Bonchev–Trinajstić information content (AvgIpc) is 2.46. The van der Waals surface area contributed by atoms with E-state index in [1.165, 1.54) is 20.1 Å². The molecule has 0 aliphatic carbocycles. The van der Waals surface area contributed by atoms with Gasteiger partial charge in [-0.25, -0.2) is 4.39 Å². The summed E-state index contributed by atoms with van der Waals surface area (Å²) in [6, 6.07) is 10.0. The molecule has 21 heavy (non-hydrogen) atoms. The van der Waals surface area contributed by atoms with E-state index >= 15 is 0 Å². The van der Waals surface area contributed by atoms with Gasteiger partial charge in [0.15, 0.2) is 17.3 Å². The highest BCUT2D eigenvalue weighted by atomic mass is 19.1. The minimum atomic E-state index is -0.436. The highest BCUT2D eigenvalue weighted by Crippen LogP contribution is 2.23. The van der Waals surface area contributed by atoms with Gasteiger partial charge in [-0.15, -0.1) is 0 Å². The van der Waals surface area contributed by atoms with Gasteiger partial charge in [0.25, 0.3) is 0 Å². The first-order valence-electron chi connectivity index (χ1n) is 6.58. The molecular formula is C17H17FO3. The molecule has 0 aliphatic heterocycles. The average molecular weight is 288 g/mol. The summed E-state index contributed by atoms with van der Waals surface area (Å²) in [6.45, 7) is 3.59. The molecule has 110 valence electrons. The number of hydrogen-bond donors (Lipinski definition) is 0. The third-order valence-electron chi connectivity index (χ3n) is 3.12. The van der Waals surface area contributed by atoms with Gasteiger partial charge in [-0.3, -0.25) is 4.79 Å². The monoisotopic (exact) mass is 288 g/mol. The molecule has 0 radical (unpaired) electrons. The molecule has 2 rings (SSSR count). The normalized spacial score (nSPS) is 10.3. The van der Waals surface area contributed by atoms with Crippen molar-refractivity contribution in [1.82, 2.24) is 0 Å². The Morgan fingerprint density at radius 1 is 1.14 bits per heavy atom. The summed E-state index contributed by atoms with van der Waals surface area (Å²) in [5.41, 5.74) is 2.19. The van der Waals surface area contributed by atoms with Crippen LogP contribution < -0.4 is 9.47 Å². The van der Waals surface area contributed by atoms with Crippen LogP contribution >= 0.6 is 0 Å². The molecule has 0 spiro atoms. The van der Waals surface area contributed by atoms with Crippen molar-refractivity contribution in [3.05, 3.63) is 58.9 Å². The lowest BCUT2D eigenvalue weighted by atomic mass is 10.1. The number of ketones is 1. The zero-order chi connectivity index (χ0) is 15.4. The smallest absolute Gasteiger partial charge is 0.165 e. The number of methoxy groups -OCH3 is 1. The minimum absolute atomic E-state index is 0.0605. The molecule has 0 bridgehead atoms. The maximum atomic E-state index is 13.6. The first kappa shape index (κ1) is 15.0. The SMILES string of the molecule is COc1ccc(COc2ccc(C)cc2C(C)=O)cc1F. The van der Waals surface area contributed by atoms with Gasteiger partial charge < -0.3 is 9.47 Å². The summed E-state index contributed by atoms with van der Waals surface area (Å²) in [6.07, 6.45) is 0.